The first-order valence-corrected chi connectivity index (χ1v) is 12.2. The molecule has 0 spiro atoms. The van der Waals surface area contributed by atoms with Crippen LogP contribution in [0.15, 0.2) is 96.7 Å². The average molecular weight is 465 g/mol. The van der Waals surface area contributed by atoms with Gasteiger partial charge in [0.2, 0.25) is 0 Å². The standard InChI is InChI=1S/C30H32N4O/c1-3-32(28-16-10-11-24(2)21-28)23-27(22-31)30(35)34-19-17-33(18-20-34)29(25-12-6-4-7-13-25)26-14-8-5-9-15-26/h4-16,21,23,29H,3,17-20H2,1-2H3/b27-23-. The minimum Gasteiger partial charge on any atom is -0.347 e. The highest BCUT2D eigenvalue weighted by Gasteiger charge is 2.29. The Morgan fingerprint density at radius 3 is 2.06 bits per heavy atom. The number of hydrogen-bond donors (Lipinski definition) is 0. The fourth-order valence-electron chi connectivity index (χ4n) is 4.68. The van der Waals surface area contributed by atoms with Crippen LogP contribution in [0.5, 0.6) is 0 Å². The van der Waals surface area contributed by atoms with Gasteiger partial charge in [-0.05, 0) is 42.7 Å². The van der Waals surface area contributed by atoms with Crippen molar-refractivity contribution in [3.05, 3.63) is 113 Å². The maximum absolute atomic E-state index is 13.3. The molecule has 1 aliphatic rings. The van der Waals surface area contributed by atoms with E-state index >= 15 is 0 Å². The Balaban J connectivity index is 1.49. The van der Waals surface area contributed by atoms with Gasteiger partial charge in [-0.2, -0.15) is 5.26 Å². The number of benzene rings is 3. The van der Waals surface area contributed by atoms with E-state index in [1.54, 1.807) is 6.20 Å². The molecule has 0 N–H and O–H groups in total. The summed E-state index contributed by atoms with van der Waals surface area (Å²) in [6, 6.07) is 31.4. The second-order valence-corrected chi connectivity index (χ2v) is 8.83. The van der Waals surface area contributed by atoms with Gasteiger partial charge >= 0.3 is 0 Å². The molecule has 0 bridgehead atoms. The summed E-state index contributed by atoms with van der Waals surface area (Å²) in [5, 5.41) is 9.81. The molecule has 35 heavy (non-hydrogen) atoms. The van der Waals surface area contributed by atoms with Crippen LogP contribution in [0.25, 0.3) is 0 Å². The number of anilines is 1. The fraction of sp³-hybridized carbons (Fsp3) is 0.267. The van der Waals surface area contributed by atoms with Crippen molar-refractivity contribution >= 4 is 11.6 Å². The van der Waals surface area contributed by atoms with Crippen LogP contribution in [-0.4, -0.2) is 48.4 Å². The van der Waals surface area contributed by atoms with E-state index in [9.17, 15) is 10.1 Å². The molecular weight excluding hydrogens is 432 g/mol. The molecule has 1 amide bonds. The molecule has 178 valence electrons. The maximum atomic E-state index is 13.3. The van der Waals surface area contributed by atoms with Crippen LogP contribution >= 0.6 is 0 Å². The Hall–Kier alpha value is -3.88. The first-order chi connectivity index (χ1) is 17.1. The number of amides is 1. The molecule has 1 saturated heterocycles. The highest BCUT2D eigenvalue weighted by molar-refractivity contribution is 5.97. The van der Waals surface area contributed by atoms with Crippen LogP contribution in [0, 0.1) is 18.3 Å². The van der Waals surface area contributed by atoms with Gasteiger partial charge in [0, 0.05) is 44.6 Å². The van der Waals surface area contributed by atoms with Crippen LogP contribution in [0.2, 0.25) is 0 Å². The van der Waals surface area contributed by atoms with Crippen LogP contribution in [0.4, 0.5) is 5.69 Å². The highest BCUT2D eigenvalue weighted by atomic mass is 16.2. The molecule has 3 aromatic carbocycles. The number of carbonyl (C=O) groups is 1. The number of rotatable bonds is 7. The summed E-state index contributed by atoms with van der Waals surface area (Å²) in [5.41, 5.74) is 4.78. The summed E-state index contributed by atoms with van der Waals surface area (Å²) >= 11 is 0. The summed E-state index contributed by atoms with van der Waals surface area (Å²) in [5.74, 6) is -0.200. The third-order valence-corrected chi connectivity index (χ3v) is 6.51. The Bertz CT molecular complexity index is 1150. The van der Waals surface area contributed by atoms with Crippen LogP contribution in [0.3, 0.4) is 0 Å². The SMILES string of the molecule is CCN(/C=C(/C#N)C(=O)N1CCN(C(c2ccccc2)c2ccccc2)CC1)c1cccc(C)c1. The van der Waals surface area contributed by atoms with E-state index in [1.807, 2.05) is 54.0 Å². The third kappa shape index (κ3) is 5.79. The van der Waals surface area contributed by atoms with Gasteiger partial charge in [0.25, 0.3) is 5.91 Å². The second kappa shape index (κ2) is 11.5. The molecule has 0 radical (unpaired) electrons. The molecule has 1 heterocycles. The minimum atomic E-state index is -0.200. The number of piperazine rings is 1. The molecule has 5 nitrogen and oxygen atoms in total. The monoisotopic (exact) mass is 464 g/mol. The van der Waals surface area contributed by atoms with Gasteiger partial charge in [-0.25, -0.2) is 0 Å². The molecule has 0 unspecified atom stereocenters. The molecule has 0 saturated carbocycles. The lowest BCUT2D eigenvalue weighted by atomic mass is 9.96. The molecular formula is C30H32N4O. The largest absolute Gasteiger partial charge is 0.347 e. The number of hydrogen-bond acceptors (Lipinski definition) is 4. The van der Waals surface area contributed by atoms with Gasteiger partial charge in [0.05, 0.1) is 6.04 Å². The first kappa shape index (κ1) is 24.3. The average Bonchev–Trinajstić information content (AvgIpc) is 2.91. The van der Waals surface area contributed by atoms with Crippen molar-refractivity contribution in [2.24, 2.45) is 0 Å². The second-order valence-electron chi connectivity index (χ2n) is 8.83. The van der Waals surface area contributed by atoms with Crippen LogP contribution in [-0.2, 0) is 4.79 Å². The van der Waals surface area contributed by atoms with Crippen LogP contribution < -0.4 is 4.90 Å². The molecule has 1 fully saturated rings. The molecule has 0 aliphatic carbocycles. The molecule has 3 aromatic rings. The molecule has 0 atom stereocenters. The topological polar surface area (TPSA) is 50.6 Å². The lowest BCUT2D eigenvalue weighted by Gasteiger charge is -2.39. The number of nitriles is 1. The Morgan fingerprint density at radius 2 is 1.54 bits per heavy atom. The predicted octanol–water partition coefficient (Wildman–Crippen LogP) is 5.16. The number of nitrogens with zero attached hydrogens (tertiary/aromatic N) is 4. The summed E-state index contributed by atoms with van der Waals surface area (Å²) in [6.07, 6.45) is 1.69. The van der Waals surface area contributed by atoms with Gasteiger partial charge in [-0.15, -0.1) is 0 Å². The lowest BCUT2D eigenvalue weighted by molar-refractivity contribution is -0.128. The summed E-state index contributed by atoms with van der Waals surface area (Å²) in [4.78, 5) is 19.5. The third-order valence-electron chi connectivity index (χ3n) is 6.51. The number of aryl methyl sites for hydroxylation is 1. The zero-order valence-electron chi connectivity index (χ0n) is 20.5. The zero-order chi connectivity index (χ0) is 24.6. The van der Waals surface area contributed by atoms with E-state index in [2.05, 4.69) is 65.6 Å². The molecule has 4 rings (SSSR count). The zero-order valence-corrected chi connectivity index (χ0v) is 20.5. The van der Waals surface area contributed by atoms with Crippen molar-refractivity contribution in [3.8, 4) is 6.07 Å². The fourth-order valence-corrected chi connectivity index (χ4v) is 4.68. The molecule has 5 heteroatoms. The van der Waals surface area contributed by atoms with Gasteiger partial charge in [0.1, 0.15) is 11.6 Å². The Morgan fingerprint density at radius 1 is 0.943 bits per heavy atom. The smallest absolute Gasteiger partial charge is 0.266 e. The highest BCUT2D eigenvalue weighted by Crippen LogP contribution is 2.29. The van der Waals surface area contributed by atoms with Crippen LogP contribution in [0.1, 0.15) is 29.7 Å². The minimum absolute atomic E-state index is 0.137. The van der Waals surface area contributed by atoms with Crippen molar-refractivity contribution in [3.63, 3.8) is 0 Å². The molecule has 1 aliphatic heterocycles. The van der Waals surface area contributed by atoms with Gasteiger partial charge in [0.15, 0.2) is 0 Å². The first-order valence-electron chi connectivity index (χ1n) is 12.2. The number of carbonyl (C=O) groups excluding carboxylic acids is 1. The van der Waals surface area contributed by atoms with Crippen molar-refractivity contribution < 1.29 is 4.79 Å². The maximum Gasteiger partial charge on any atom is 0.266 e. The predicted molar refractivity (Wildman–Crippen MR) is 141 cm³/mol. The van der Waals surface area contributed by atoms with Crippen molar-refractivity contribution in [2.75, 3.05) is 37.6 Å². The summed E-state index contributed by atoms with van der Waals surface area (Å²) in [7, 11) is 0. The van der Waals surface area contributed by atoms with Gasteiger partial charge < -0.3 is 9.80 Å². The van der Waals surface area contributed by atoms with Crippen molar-refractivity contribution in [1.82, 2.24) is 9.80 Å². The van der Waals surface area contributed by atoms with Gasteiger partial charge in [-0.1, -0.05) is 72.8 Å². The molecule has 0 aromatic heterocycles. The van der Waals surface area contributed by atoms with E-state index in [-0.39, 0.29) is 17.5 Å². The van der Waals surface area contributed by atoms with E-state index in [0.717, 1.165) is 24.3 Å². The summed E-state index contributed by atoms with van der Waals surface area (Å²) in [6.45, 7) is 7.39. The Labute approximate surface area is 208 Å². The van der Waals surface area contributed by atoms with Gasteiger partial charge in [-0.3, -0.25) is 9.69 Å². The normalized spacial score (nSPS) is 14.6. The summed E-state index contributed by atoms with van der Waals surface area (Å²) < 4.78 is 0. The quantitative estimate of drug-likeness (QED) is 0.358. The lowest BCUT2D eigenvalue weighted by Crippen LogP contribution is -2.50. The van der Waals surface area contributed by atoms with E-state index in [0.29, 0.717) is 19.6 Å². The Kier molecular flexibility index (Phi) is 7.97. The van der Waals surface area contributed by atoms with Crippen molar-refractivity contribution in [2.45, 2.75) is 19.9 Å². The van der Waals surface area contributed by atoms with E-state index < -0.39 is 0 Å². The van der Waals surface area contributed by atoms with E-state index in [4.69, 9.17) is 0 Å². The van der Waals surface area contributed by atoms with Crippen molar-refractivity contribution in [1.29, 1.82) is 5.26 Å². The van der Waals surface area contributed by atoms with E-state index in [1.165, 1.54) is 11.1 Å².